The molecule has 0 radical (unpaired) electrons. The van der Waals surface area contributed by atoms with Crippen LogP contribution in [0.15, 0.2) is 24.3 Å². The molecule has 1 aromatic carbocycles. The number of carbonyl (C=O) groups is 2. The second-order valence-electron chi connectivity index (χ2n) is 6.47. The van der Waals surface area contributed by atoms with Crippen molar-refractivity contribution in [2.75, 3.05) is 19.7 Å². The van der Waals surface area contributed by atoms with Gasteiger partial charge in [-0.3, -0.25) is 4.79 Å². The van der Waals surface area contributed by atoms with E-state index in [4.69, 9.17) is 16.3 Å². The number of carbonyl (C=O) groups excluding carboxylic acids is 2. The molecular weight excluding hydrogens is 386 g/mol. The van der Waals surface area contributed by atoms with Crippen LogP contribution in [0.4, 0.5) is 4.79 Å². The third-order valence-electron chi connectivity index (χ3n) is 4.37. The van der Waals surface area contributed by atoms with Crippen molar-refractivity contribution in [3.05, 3.63) is 39.9 Å². The minimum absolute atomic E-state index is 0.0316. The Morgan fingerprint density at radius 3 is 2.81 bits per heavy atom. The molecule has 2 amide bonds. The average molecular weight is 408 g/mol. The zero-order valence-electron chi connectivity index (χ0n) is 15.3. The van der Waals surface area contributed by atoms with E-state index in [1.807, 2.05) is 38.1 Å². The van der Waals surface area contributed by atoms with Crippen LogP contribution in [0.2, 0.25) is 5.02 Å². The molecule has 1 aromatic heterocycles. The first-order valence-corrected chi connectivity index (χ1v) is 10.1. The van der Waals surface area contributed by atoms with Crippen LogP contribution in [0.25, 0.3) is 10.6 Å². The Labute approximate surface area is 167 Å². The first-order chi connectivity index (χ1) is 12.9. The SMILES string of the molecule is Cc1nc(-c2ccc(Cl)cc2)sc1C(C)NC(=O)CCCN1CCOC1=O. The monoisotopic (exact) mass is 407 g/mol. The van der Waals surface area contributed by atoms with E-state index in [0.717, 1.165) is 21.1 Å². The van der Waals surface area contributed by atoms with E-state index in [9.17, 15) is 9.59 Å². The fraction of sp³-hybridized carbons (Fsp3) is 0.421. The molecule has 2 heterocycles. The summed E-state index contributed by atoms with van der Waals surface area (Å²) in [5.41, 5.74) is 1.92. The highest BCUT2D eigenvalue weighted by atomic mass is 35.5. The summed E-state index contributed by atoms with van der Waals surface area (Å²) in [6, 6.07) is 7.45. The van der Waals surface area contributed by atoms with E-state index in [1.165, 1.54) is 0 Å². The highest BCUT2D eigenvalue weighted by Gasteiger charge is 2.22. The molecule has 1 atom stereocenters. The van der Waals surface area contributed by atoms with Gasteiger partial charge in [-0.05, 0) is 32.4 Å². The molecule has 2 aromatic rings. The van der Waals surface area contributed by atoms with Gasteiger partial charge in [0, 0.05) is 23.6 Å². The molecule has 0 saturated carbocycles. The van der Waals surface area contributed by atoms with E-state index in [0.29, 0.717) is 37.6 Å². The predicted molar refractivity (Wildman–Crippen MR) is 106 cm³/mol. The van der Waals surface area contributed by atoms with Gasteiger partial charge in [-0.25, -0.2) is 9.78 Å². The lowest BCUT2D eigenvalue weighted by Crippen LogP contribution is -2.29. The number of benzene rings is 1. The van der Waals surface area contributed by atoms with Crippen LogP contribution >= 0.6 is 22.9 Å². The fourth-order valence-electron chi connectivity index (χ4n) is 2.96. The molecule has 144 valence electrons. The third-order valence-corrected chi connectivity index (χ3v) is 6.01. The van der Waals surface area contributed by atoms with E-state index < -0.39 is 0 Å². The number of thiazole rings is 1. The molecule has 0 bridgehead atoms. The van der Waals surface area contributed by atoms with Gasteiger partial charge in [-0.1, -0.05) is 23.7 Å². The molecule has 27 heavy (non-hydrogen) atoms. The van der Waals surface area contributed by atoms with Crippen molar-refractivity contribution in [1.82, 2.24) is 15.2 Å². The number of rotatable bonds is 7. The summed E-state index contributed by atoms with van der Waals surface area (Å²) in [7, 11) is 0. The van der Waals surface area contributed by atoms with Gasteiger partial charge in [0.25, 0.3) is 0 Å². The van der Waals surface area contributed by atoms with Crippen molar-refractivity contribution in [3.8, 4) is 10.6 Å². The van der Waals surface area contributed by atoms with Crippen LogP contribution in [-0.4, -0.2) is 41.6 Å². The molecule has 8 heteroatoms. The molecule has 1 N–H and O–H groups in total. The number of nitrogens with one attached hydrogen (secondary N) is 1. The quantitative estimate of drug-likeness (QED) is 0.747. The maximum absolute atomic E-state index is 12.2. The smallest absolute Gasteiger partial charge is 0.409 e. The maximum Gasteiger partial charge on any atom is 0.409 e. The van der Waals surface area contributed by atoms with Gasteiger partial charge in [-0.15, -0.1) is 11.3 Å². The summed E-state index contributed by atoms with van der Waals surface area (Å²) >= 11 is 7.52. The van der Waals surface area contributed by atoms with Gasteiger partial charge in [0.15, 0.2) is 0 Å². The molecule has 1 fully saturated rings. The lowest BCUT2D eigenvalue weighted by molar-refractivity contribution is -0.121. The number of nitrogens with zero attached hydrogens (tertiary/aromatic N) is 2. The molecular formula is C19H22ClN3O3S. The first-order valence-electron chi connectivity index (χ1n) is 8.88. The van der Waals surface area contributed by atoms with Crippen molar-refractivity contribution < 1.29 is 14.3 Å². The number of hydrogen-bond acceptors (Lipinski definition) is 5. The van der Waals surface area contributed by atoms with Gasteiger partial charge >= 0.3 is 6.09 Å². The average Bonchev–Trinajstić information content (AvgIpc) is 3.21. The Balaban J connectivity index is 1.54. The second kappa shape index (κ2) is 8.71. The molecule has 6 nitrogen and oxygen atoms in total. The van der Waals surface area contributed by atoms with Crippen molar-refractivity contribution >= 4 is 34.9 Å². The lowest BCUT2D eigenvalue weighted by Gasteiger charge is -2.14. The zero-order chi connectivity index (χ0) is 19.4. The number of aromatic nitrogens is 1. The third kappa shape index (κ3) is 4.99. The summed E-state index contributed by atoms with van der Waals surface area (Å²) in [6.07, 6.45) is 0.695. The van der Waals surface area contributed by atoms with Crippen LogP contribution in [0.1, 0.15) is 36.4 Å². The van der Waals surface area contributed by atoms with E-state index in [2.05, 4.69) is 10.3 Å². The fourth-order valence-corrected chi connectivity index (χ4v) is 4.16. The summed E-state index contributed by atoms with van der Waals surface area (Å²) < 4.78 is 4.88. The van der Waals surface area contributed by atoms with E-state index in [1.54, 1.807) is 16.2 Å². The Kier molecular flexibility index (Phi) is 6.34. The van der Waals surface area contributed by atoms with Crippen LogP contribution in [-0.2, 0) is 9.53 Å². The Morgan fingerprint density at radius 2 is 2.15 bits per heavy atom. The number of hydrogen-bond donors (Lipinski definition) is 1. The second-order valence-corrected chi connectivity index (χ2v) is 7.94. The summed E-state index contributed by atoms with van der Waals surface area (Å²) in [4.78, 5) is 30.9. The Bertz CT molecular complexity index is 822. The summed E-state index contributed by atoms with van der Waals surface area (Å²) in [5, 5.41) is 4.62. The molecule has 1 aliphatic heterocycles. The summed E-state index contributed by atoms with van der Waals surface area (Å²) in [6.45, 7) is 5.49. The van der Waals surface area contributed by atoms with Gasteiger partial charge < -0.3 is 15.0 Å². The van der Waals surface area contributed by atoms with Gasteiger partial charge in [0.05, 0.1) is 23.2 Å². The standard InChI is InChI=1S/C19H22ClN3O3S/c1-12(21-16(24)4-3-9-23-10-11-26-19(23)25)17-13(2)22-18(27-17)14-5-7-15(20)8-6-14/h5-8,12H,3-4,9-11H2,1-2H3,(H,21,24). The maximum atomic E-state index is 12.2. The van der Waals surface area contributed by atoms with Crippen LogP contribution < -0.4 is 5.32 Å². The summed E-state index contributed by atoms with van der Waals surface area (Å²) in [5.74, 6) is -0.0316. The lowest BCUT2D eigenvalue weighted by atomic mass is 10.2. The molecule has 0 spiro atoms. The van der Waals surface area contributed by atoms with E-state index in [-0.39, 0.29) is 18.0 Å². The first kappa shape index (κ1) is 19.6. The minimum atomic E-state index is -0.293. The van der Waals surface area contributed by atoms with Gasteiger partial charge in [0.1, 0.15) is 11.6 Å². The molecule has 1 unspecified atom stereocenters. The largest absolute Gasteiger partial charge is 0.448 e. The number of cyclic esters (lactones) is 1. The van der Waals surface area contributed by atoms with Crippen LogP contribution in [0, 0.1) is 6.92 Å². The van der Waals surface area contributed by atoms with Crippen molar-refractivity contribution in [2.24, 2.45) is 0 Å². The minimum Gasteiger partial charge on any atom is -0.448 e. The molecule has 1 saturated heterocycles. The number of ether oxygens (including phenoxy) is 1. The molecule has 0 aliphatic carbocycles. The van der Waals surface area contributed by atoms with Crippen LogP contribution in [0.5, 0.6) is 0 Å². The Morgan fingerprint density at radius 1 is 1.41 bits per heavy atom. The normalized spacial score (nSPS) is 14.9. The molecule has 3 rings (SSSR count). The topological polar surface area (TPSA) is 71.5 Å². The van der Waals surface area contributed by atoms with Crippen LogP contribution in [0.3, 0.4) is 0 Å². The van der Waals surface area contributed by atoms with Crippen molar-refractivity contribution in [3.63, 3.8) is 0 Å². The number of aryl methyl sites for hydroxylation is 1. The van der Waals surface area contributed by atoms with Crippen molar-refractivity contribution in [1.29, 1.82) is 0 Å². The number of halogens is 1. The highest BCUT2D eigenvalue weighted by Crippen LogP contribution is 2.32. The van der Waals surface area contributed by atoms with E-state index >= 15 is 0 Å². The Hall–Kier alpha value is -2.12. The predicted octanol–water partition coefficient (Wildman–Crippen LogP) is 4.18. The zero-order valence-corrected chi connectivity index (χ0v) is 16.9. The van der Waals surface area contributed by atoms with Gasteiger partial charge in [-0.2, -0.15) is 0 Å². The van der Waals surface area contributed by atoms with Crippen molar-refractivity contribution in [2.45, 2.75) is 32.7 Å². The van der Waals surface area contributed by atoms with Gasteiger partial charge in [0.2, 0.25) is 5.91 Å². The number of amides is 2. The molecule has 1 aliphatic rings. The highest BCUT2D eigenvalue weighted by molar-refractivity contribution is 7.15.